The first-order chi connectivity index (χ1) is 10.5. The summed E-state index contributed by atoms with van der Waals surface area (Å²) >= 11 is 0. The molecule has 4 heteroatoms. The fourth-order valence-corrected chi connectivity index (χ4v) is 2.84. The van der Waals surface area contributed by atoms with Crippen LogP contribution in [0.2, 0.25) is 0 Å². The predicted molar refractivity (Wildman–Crippen MR) is 94.7 cm³/mol. The second-order valence-corrected chi connectivity index (χ2v) is 7.22. The molecule has 0 bridgehead atoms. The van der Waals surface area contributed by atoms with Crippen LogP contribution in [0, 0.1) is 6.92 Å². The van der Waals surface area contributed by atoms with Crippen molar-refractivity contribution >= 4 is 16.5 Å². The molecule has 2 aromatic rings. The molecular weight excluding hydrogens is 292 g/mol. The first kappa shape index (κ1) is 16.7. The highest BCUT2D eigenvalue weighted by Gasteiger charge is 2.03. The molecule has 1 N–H and O–H groups in total. The molecule has 0 radical (unpaired) electrons. The van der Waals surface area contributed by atoms with Crippen LogP contribution < -0.4 is 5.32 Å². The van der Waals surface area contributed by atoms with E-state index in [2.05, 4.69) is 49.4 Å². The third-order valence-electron chi connectivity index (χ3n) is 3.54. The molecule has 0 heterocycles. The van der Waals surface area contributed by atoms with E-state index in [1.54, 1.807) is 6.26 Å². The monoisotopic (exact) mass is 316 g/mol. The maximum atomic E-state index is 11.4. The summed E-state index contributed by atoms with van der Waals surface area (Å²) in [6.45, 7) is 3.82. The van der Waals surface area contributed by atoms with E-state index in [0.29, 0.717) is 0 Å². The minimum Gasteiger partial charge on any atom is -0.381 e. The van der Waals surface area contributed by atoms with E-state index in [0.717, 1.165) is 18.0 Å². The van der Waals surface area contributed by atoms with Gasteiger partial charge in [-0.25, -0.2) is 0 Å². The second kappa shape index (κ2) is 7.56. The van der Waals surface area contributed by atoms with E-state index in [-0.39, 0.29) is 0 Å². The first-order valence-electron chi connectivity index (χ1n) is 7.36. The average molecular weight is 316 g/mol. The lowest BCUT2D eigenvalue weighted by molar-refractivity contribution is 0.402. The molecule has 2 aromatic carbocycles. The molecule has 0 aliphatic carbocycles. The second-order valence-electron chi connectivity index (χ2n) is 5.84. The molecule has 3 nitrogen and oxygen atoms in total. The van der Waals surface area contributed by atoms with Crippen LogP contribution in [-0.2, 0) is 23.9 Å². The zero-order valence-electron chi connectivity index (χ0n) is 13.7. The maximum absolute atomic E-state index is 11.4. The average Bonchev–Trinajstić information content (AvgIpc) is 2.47. The van der Waals surface area contributed by atoms with Crippen molar-refractivity contribution < 1.29 is 4.21 Å². The molecular formula is C18H24N2OS. The van der Waals surface area contributed by atoms with Gasteiger partial charge in [0.15, 0.2) is 0 Å². The molecule has 0 saturated heterocycles. The van der Waals surface area contributed by atoms with Crippen molar-refractivity contribution in [1.82, 2.24) is 4.90 Å². The topological polar surface area (TPSA) is 32.3 Å². The van der Waals surface area contributed by atoms with Gasteiger partial charge in [0, 0.05) is 40.7 Å². The molecule has 0 aromatic heterocycles. The molecule has 0 unspecified atom stereocenters. The van der Waals surface area contributed by atoms with Crippen molar-refractivity contribution in [2.75, 3.05) is 25.7 Å². The molecule has 0 spiro atoms. The summed E-state index contributed by atoms with van der Waals surface area (Å²) in [5.41, 5.74) is 4.90. The fourth-order valence-electron chi connectivity index (χ4n) is 2.32. The Kier molecular flexibility index (Phi) is 5.75. The number of nitrogens with one attached hydrogen (secondary N) is 1. The van der Waals surface area contributed by atoms with Crippen molar-refractivity contribution in [1.29, 1.82) is 0 Å². The zero-order chi connectivity index (χ0) is 16.1. The summed E-state index contributed by atoms with van der Waals surface area (Å²) < 4.78 is 11.4. The lowest BCUT2D eigenvalue weighted by Gasteiger charge is -2.14. The van der Waals surface area contributed by atoms with Gasteiger partial charge in [-0.2, -0.15) is 0 Å². The van der Waals surface area contributed by atoms with Crippen molar-refractivity contribution in [3.63, 3.8) is 0 Å². The Balaban J connectivity index is 2.05. The quantitative estimate of drug-likeness (QED) is 0.886. The van der Waals surface area contributed by atoms with Crippen LogP contribution in [0.4, 0.5) is 5.69 Å². The van der Waals surface area contributed by atoms with Gasteiger partial charge in [0.05, 0.1) is 0 Å². The van der Waals surface area contributed by atoms with Gasteiger partial charge in [0.2, 0.25) is 0 Å². The van der Waals surface area contributed by atoms with E-state index < -0.39 is 10.8 Å². The van der Waals surface area contributed by atoms with E-state index >= 15 is 0 Å². The number of rotatable bonds is 6. The van der Waals surface area contributed by atoms with Crippen molar-refractivity contribution in [2.24, 2.45) is 0 Å². The van der Waals surface area contributed by atoms with Gasteiger partial charge in [-0.3, -0.25) is 4.21 Å². The number of hydrogen-bond acceptors (Lipinski definition) is 3. The van der Waals surface area contributed by atoms with Gasteiger partial charge in [-0.05, 0) is 55.9 Å². The van der Waals surface area contributed by atoms with Crippen molar-refractivity contribution in [3.8, 4) is 0 Å². The largest absolute Gasteiger partial charge is 0.381 e. The molecule has 0 amide bonds. The molecule has 118 valence electrons. The third-order valence-corrected chi connectivity index (χ3v) is 4.48. The standard InChI is InChI=1S/C18H24N2OS/c1-14-5-6-16(13-20(2)3)11-18(14)19-12-15-7-9-17(10-8-15)22(4)21/h5-11,19H,12-13H2,1-4H3/t22-/m0/s1. The van der Waals surface area contributed by atoms with Gasteiger partial charge < -0.3 is 10.2 Å². The lowest BCUT2D eigenvalue weighted by atomic mass is 10.1. The van der Waals surface area contributed by atoms with Crippen LogP contribution in [0.25, 0.3) is 0 Å². The number of benzene rings is 2. The fraction of sp³-hybridized carbons (Fsp3) is 0.333. The van der Waals surface area contributed by atoms with Gasteiger partial charge in [0.25, 0.3) is 0 Å². The highest BCUT2D eigenvalue weighted by atomic mass is 32.2. The Bertz CT molecular complexity index is 651. The minimum atomic E-state index is -0.915. The molecule has 2 rings (SSSR count). The lowest BCUT2D eigenvalue weighted by Crippen LogP contribution is -2.11. The van der Waals surface area contributed by atoms with Crippen LogP contribution in [0.5, 0.6) is 0 Å². The van der Waals surface area contributed by atoms with Crippen LogP contribution in [-0.4, -0.2) is 29.5 Å². The van der Waals surface area contributed by atoms with Crippen LogP contribution in [0.1, 0.15) is 16.7 Å². The highest BCUT2D eigenvalue weighted by Crippen LogP contribution is 2.19. The Hall–Kier alpha value is -1.65. The Morgan fingerprint density at radius 3 is 2.27 bits per heavy atom. The zero-order valence-corrected chi connectivity index (χ0v) is 14.5. The molecule has 0 aliphatic heterocycles. The molecule has 1 atom stereocenters. The normalized spacial score (nSPS) is 12.4. The minimum absolute atomic E-state index is 0.767. The third kappa shape index (κ3) is 4.68. The van der Waals surface area contributed by atoms with Gasteiger partial charge >= 0.3 is 0 Å². The molecule has 22 heavy (non-hydrogen) atoms. The smallest absolute Gasteiger partial charge is 0.0498 e. The maximum Gasteiger partial charge on any atom is 0.0498 e. The summed E-state index contributed by atoms with van der Waals surface area (Å²) in [5.74, 6) is 0. The number of hydrogen-bond donors (Lipinski definition) is 1. The summed E-state index contributed by atoms with van der Waals surface area (Å²) in [4.78, 5) is 3.03. The Morgan fingerprint density at radius 2 is 1.68 bits per heavy atom. The van der Waals surface area contributed by atoms with E-state index in [1.807, 2.05) is 24.3 Å². The molecule has 0 saturated carbocycles. The van der Waals surface area contributed by atoms with Crippen LogP contribution in [0.15, 0.2) is 47.4 Å². The van der Waals surface area contributed by atoms with E-state index in [1.165, 1.54) is 22.4 Å². The highest BCUT2D eigenvalue weighted by molar-refractivity contribution is 7.84. The summed E-state index contributed by atoms with van der Waals surface area (Å²) in [7, 11) is 3.24. The Morgan fingerprint density at radius 1 is 1.05 bits per heavy atom. The van der Waals surface area contributed by atoms with Crippen molar-refractivity contribution in [2.45, 2.75) is 24.9 Å². The van der Waals surface area contributed by atoms with Gasteiger partial charge in [-0.15, -0.1) is 0 Å². The van der Waals surface area contributed by atoms with Gasteiger partial charge in [-0.1, -0.05) is 24.3 Å². The number of aryl methyl sites for hydroxylation is 1. The predicted octanol–water partition coefficient (Wildman–Crippen LogP) is 3.41. The summed E-state index contributed by atoms with van der Waals surface area (Å²) in [6.07, 6.45) is 1.70. The van der Waals surface area contributed by atoms with Crippen molar-refractivity contribution in [3.05, 3.63) is 59.2 Å². The van der Waals surface area contributed by atoms with E-state index in [4.69, 9.17) is 0 Å². The summed E-state index contributed by atoms with van der Waals surface area (Å²) in [6, 6.07) is 14.5. The van der Waals surface area contributed by atoms with Gasteiger partial charge in [0.1, 0.15) is 0 Å². The number of nitrogens with zero attached hydrogens (tertiary/aromatic N) is 1. The number of anilines is 1. The van der Waals surface area contributed by atoms with E-state index in [9.17, 15) is 4.21 Å². The van der Waals surface area contributed by atoms with Crippen LogP contribution >= 0.6 is 0 Å². The SMILES string of the molecule is Cc1ccc(CN(C)C)cc1NCc1ccc([S@](C)=O)cc1. The molecule has 0 fully saturated rings. The Labute approximate surface area is 135 Å². The first-order valence-corrected chi connectivity index (χ1v) is 8.92. The summed E-state index contributed by atoms with van der Waals surface area (Å²) in [5, 5.41) is 3.50. The van der Waals surface area contributed by atoms with Crippen LogP contribution in [0.3, 0.4) is 0 Å². The molecule has 0 aliphatic rings.